The first-order valence-electron chi connectivity index (χ1n) is 25.3. The quantitative estimate of drug-likeness (QED) is 0.0195. The molecule has 0 saturated carbocycles. The van der Waals surface area contributed by atoms with Crippen molar-refractivity contribution in [2.75, 3.05) is 47.5 Å². The summed E-state index contributed by atoms with van der Waals surface area (Å²) in [5, 5.41) is 0. The van der Waals surface area contributed by atoms with Crippen LogP contribution < -0.4 is 4.89 Å². The highest BCUT2D eigenvalue weighted by Crippen LogP contribution is 2.38. The average molecular weight is 894 g/mol. The monoisotopic (exact) mass is 894 g/mol. The molecule has 0 heterocycles. The predicted octanol–water partition coefficient (Wildman–Crippen LogP) is 14.4. The lowest BCUT2D eigenvalue weighted by molar-refractivity contribution is -0.870. The van der Waals surface area contributed by atoms with Crippen molar-refractivity contribution >= 4 is 19.8 Å². The van der Waals surface area contributed by atoms with Gasteiger partial charge in [0.25, 0.3) is 7.82 Å². The highest BCUT2D eigenvalue weighted by molar-refractivity contribution is 7.45. The molecule has 9 nitrogen and oxygen atoms in total. The number of phosphoric acid groups is 1. The number of hydrogen-bond acceptors (Lipinski definition) is 8. The van der Waals surface area contributed by atoms with Gasteiger partial charge in [-0.05, 0) is 51.4 Å². The third-order valence-electron chi connectivity index (χ3n) is 10.9. The lowest BCUT2D eigenvalue weighted by atomic mass is 10.0. The van der Waals surface area contributed by atoms with Gasteiger partial charge in [-0.1, -0.05) is 204 Å². The predicted molar refractivity (Wildman–Crippen MR) is 259 cm³/mol. The first-order valence-corrected chi connectivity index (χ1v) is 26.8. The number of unbranched alkanes of at least 4 members (excludes halogenated alkanes) is 24. The van der Waals surface area contributed by atoms with Crippen LogP contribution >= 0.6 is 7.82 Å². The summed E-state index contributed by atoms with van der Waals surface area (Å²) >= 11 is 0. The lowest BCUT2D eigenvalue weighted by Gasteiger charge is -2.28. The van der Waals surface area contributed by atoms with Gasteiger partial charge in [0.1, 0.15) is 19.8 Å². The number of allylic oxidation sites excluding steroid dienone is 8. The van der Waals surface area contributed by atoms with Crippen LogP contribution in [0.1, 0.15) is 219 Å². The molecule has 0 rings (SSSR count). The first-order chi connectivity index (χ1) is 30.0. The Hall–Kier alpha value is -2.03. The summed E-state index contributed by atoms with van der Waals surface area (Å²) in [6, 6.07) is 0. The minimum absolute atomic E-state index is 0.0391. The van der Waals surface area contributed by atoms with E-state index in [1.165, 1.54) is 135 Å². The van der Waals surface area contributed by atoms with Gasteiger partial charge in [-0.3, -0.25) is 14.2 Å². The summed E-state index contributed by atoms with van der Waals surface area (Å²) in [6.07, 6.45) is 52.9. The Morgan fingerprint density at radius 2 is 0.887 bits per heavy atom. The van der Waals surface area contributed by atoms with Crippen LogP contribution in [-0.4, -0.2) is 70.0 Å². The Labute approximate surface area is 382 Å². The third-order valence-corrected chi connectivity index (χ3v) is 11.8. The van der Waals surface area contributed by atoms with E-state index < -0.39 is 32.5 Å². The molecule has 362 valence electrons. The maximum Gasteiger partial charge on any atom is 0.306 e. The molecule has 0 spiro atoms. The number of hydrogen-bond donors (Lipinski definition) is 0. The molecule has 0 amide bonds. The van der Waals surface area contributed by atoms with Gasteiger partial charge in [0, 0.05) is 12.8 Å². The zero-order valence-electron chi connectivity index (χ0n) is 40.8. The molecule has 2 atom stereocenters. The summed E-state index contributed by atoms with van der Waals surface area (Å²) in [7, 11) is 1.14. The summed E-state index contributed by atoms with van der Waals surface area (Å²) in [5.74, 6) is -0.893. The van der Waals surface area contributed by atoms with Crippen LogP contribution in [0.2, 0.25) is 0 Å². The minimum atomic E-state index is -4.64. The Morgan fingerprint density at radius 1 is 0.500 bits per heavy atom. The molecule has 62 heavy (non-hydrogen) atoms. The van der Waals surface area contributed by atoms with Crippen LogP contribution in [0.15, 0.2) is 48.6 Å². The van der Waals surface area contributed by atoms with Crippen molar-refractivity contribution in [1.29, 1.82) is 0 Å². The van der Waals surface area contributed by atoms with Crippen LogP contribution in [0.5, 0.6) is 0 Å². The fraction of sp³-hybridized carbons (Fsp3) is 0.808. The summed E-state index contributed by atoms with van der Waals surface area (Å²) in [4.78, 5) is 37.7. The number of esters is 2. The molecule has 0 aromatic carbocycles. The minimum Gasteiger partial charge on any atom is -0.756 e. The van der Waals surface area contributed by atoms with E-state index in [2.05, 4.69) is 62.5 Å². The Kier molecular flexibility index (Phi) is 42.7. The van der Waals surface area contributed by atoms with Gasteiger partial charge in [0.2, 0.25) is 0 Å². The lowest BCUT2D eigenvalue weighted by Crippen LogP contribution is -2.37. The van der Waals surface area contributed by atoms with Crippen molar-refractivity contribution in [2.45, 2.75) is 225 Å². The number of quaternary nitrogens is 1. The molecule has 10 heteroatoms. The number of carbonyl (C=O) groups is 2. The molecule has 0 aromatic rings. The van der Waals surface area contributed by atoms with Crippen molar-refractivity contribution in [1.82, 2.24) is 0 Å². The molecule has 0 saturated heterocycles. The molecular formula is C52H96NO8P. The fourth-order valence-corrected chi connectivity index (χ4v) is 7.61. The van der Waals surface area contributed by atoms with Gasteiger partial charge in [0.15, 0.2) is 6.10 Å². The number of carbonyl (C=O) groups excluding carboxylic acids is 2. The summed E-state index contributed by atoms with van der Waals surface area (Å²) in [5.41, 5.74) is 0. The largest absolute Gasteiger partial charge is 0.756 e. The van der Waals surface area contributed by atoms with Crippen LogP contribution in [0.4, 0.5) is 0 Å². The Morgan fingerprint density at radius 3 is 1.34 bits per heavy atom. The standard InChI is InChI=1S/C52H96NO8P/c1-6-8-10-12-14-16-18-20-22-24-25-26-27-29-31-33-35-37-39-41-43-45-52(55)61-50(49-60-62(56,57)59-47-46-53(3,4)5)48-58-51(54)44-42-40-38-36-34-32-30-28-23-21-19-17-15-13-11-9-7-2/h15,17,21,23,30,32,36,38,50H,6-14,16,18-20,22,24-29,31,33-35,37,39-49H2,1-5H3/b17-15-,23-21-,32-30-,38-36-. The van der Waals surface area contributed by atoms with E-state index in [1.807, 2.05) is 21.1 Å². The van der Waals surface area contributed by atoms with Crippen LogP contribution in [0.25, 0.3) is 0 Å². The maximum absolute atomic E-state index is 12.7. The van der Waals surface area contributed by atoms with E-state index in [4.69, 9.17) is 18.5 Å². The highest BCUT2D eigenvalue weighted by Gasteiger charge is 2.21. The molecule has 0 aromatic heterocycles. The van der Waals surface area contributed by atoms with Crippen LogP contribution in [0.3, 0.4) is 0 Å². The van der Waals surface area contributed by atoms with Crippen molar-refractivity contribution in [2.24, 2.45) is 0 Å². The Bertz CT molecular complexity index is 1190. The number of likely N-dealkylation sites (N-methyl/N-ethyl adjacent to an activating group) is 1. The molecule has 2 unspecified atom stereocenters. The second-order valence-corrected chi connectivity index (χ2v) is 19.6. The van der Waals surface area contributed by atoms with Gasteiger partial charge < -0.3 is 27.9 Å². The van der Waals surface area contributed by atoms with E-state index in [9.17, 15) is 19.0 Å². The van der Waals surface area contributed by atoms with E-state index in [1.54, 1.807) is 0 Å². The van der Waals surface area contributed by atoms with Gasteiger partial charge in [0.05, 0.1) is 27.7 Å². The van der Waals surface area contributed by atoms with Crippen molar-refractivity contribution in [3.63, 3.8) is 0 Å². The van der Waals surface area contributed by atoms with E-state index >= 15 is 0 Å². The molecule has 0 bridgehead atoms. The second kappa shape index (κ2) is 44.2. The smallest absolute Gasteiger partial charge is 0.306 e. The van der Waals surface area contributed by atoms with Gasteiger partial charge in [-0.25, -0.2) is 0 Å². The molecule has 0 aliphatic carbocycles. The second-order valence-electron chi connectivity index (χ2n) is 18.2. The normalized spacial score (nSPS) is 13.8. The molecule has 0 N–H and O–H groups in total. The van der Waals surface area contributed by atoms with E-state index in [0.29, 0.717) is 23.9 Å². The number of nitrogens with zero attached hydrogens (tertiary/aromatic N) is 1. The first kappa shape index (κ1) is 60.0. The zero-order valence-corrected chi connectivity index (χ0v) is 41.7. The summed E-state index contributed by atoms with van der Waals surface area (Å²) < 4.78 is 34.0. The number of ether oxygens (including phenoxy) is 2. The SMILES string of the molecule is CCCCC/C=C\C/C=C\C/C=C\C/C=C\CCCC(=O)OCC(COP(=O)([O-])OCC[N+](C)(C)C)OC(=O)CCCCCCCCCCCCCCCCCCCCCCC. The van der Waals surface area contributed by atoms with Gasteiger partial charge in [-0.2, -0.15) is 0 Å². The fourth-order valence-electron chi connectivity index (χ4n) is 6.88. The molecular weight excluding hydrogens is 798 g/mol. The summed E-state index contributed by atoms with van der Waals surface area (Å²) in [6.45, 7) is 4.16. The zero-order chi connectivity index (χ0) is 45.7. The highest BCUT2D eigenvalue weighted by atomic mass is 31.2. The van der Waals surface area contributed by atoms with E-state index in [0.717, 1.165) is 44.9 Å². The van der Waals surface area contributed by atoms with Gasteiger partial charge >= 0.3 is 11.9 Å². The molecule has 0 fully saturated rings. The van der Waals surface area contributed by atoms with Crippen LogP contribution in [-0.2, 0) is 32.7 Å². The molecule has 0 aliphatic rings. The van der Waals surface area contributed by atoms with Crippen LogP contribution in [0, 0.1) is 0 Å². The van der Waals surface area contributed by atoms with Crippen molar-refractivity contribution < 1.29 is 42.1 Å². The topological polar surface area (TPSA) is 111 Å². The Balaban J connectivity index is 4.31. The third kappa shape index (κ3) is 47.4. The average Bonchev–Trinajstić information content (AvgIpc) is 3.23. The van der Waals surface area contributed by atoms with Gasteiger partial charge in [-0.15, -0.1) is 0 Å². The molecule has 0 aliphatic heterocycles. The van der Waals surface area contributed by atoms with Crippen molar-refractivity contribution in [3.05, 3.63) is 48.6 Å². The van der Waals surface area contributed by atoms with E-state index in [-0.39, 0.29) is 26.1 Å². The number of rotatable bonds is 46. The van der Waals surface area contributed by atoms with Crippen molar-refractivity contribution in [3.8, 4) is 0 Å². The molecule has 0 radical (unpaired) electrons. The maximum atomic E-state index is 12.7. The number of phosphoric ester groups is 1.